The lowest BCUT2D eigenvalue weighted by Crippen LogP contribution is -2.43. The van der Waals surface area contributed by atoms with E-state index in [4.69, 9.17) is 0 Å². The van der Waals surface area contributed by atoms with Crippen LogP contribution in [0.15, 0.2) is 54.7 Å². The van der Waals surface area contributed by atoms with Gasteiger partial charge in [0, 0.05) is 55.8 Å². The molecule has 1 aromatic carbocycles. The summed E-state index contributed by atoms with van der Waals surface area (Å²) in [6.45, 7) is 3.54. The molecule has 1 aromatic heterocycles. The van der Waals surface area contributed by atoms with Gasteiger partial charge in [-0.2, -0.15) is 0 Å². The third kappa shape index (κ3) is 3.40. The molecule has 2 amide bonds. The third-order valence-electron chi connectivity index (χ3n) is 5.87. The summed E-state index contributed by atoms with van der Waals surface area (Å²) in [5.41, 5.74) is 1.11. The first kappa shape index (κ1) is 18.6. The van der Waals surface area contributed by atoms with E-state index >= 15 is 0 Å². The highest BCUT2D eigenvalue weighted by molar-refractivity contribution is 5.95. The summed E-state index contributed by atoms with van der Waals surface area (Å²) in [5, 5.41) is 0. The van der Waals surface area contributed by atoms with E-state index in [9.17, 15) is 9.59 Å². The number of pyridine rings is 1. The number of benzene rings is 1. The first-order chi connectivity index (χ1) is 13.5. The molecule has 2 fully saturated rings. The van der Waals surface area contributed by atoms with Crippen molar-refractivity contribution >= 4 is 11.8 Å². The van der Waals surface area contributed by atoms with Crippen molar-refractivity contribution in [1.29, 1.82) is 0 Å². The molecule has 0 spiro atoms. The first-order valence-corrected chi connectivity index (χ1v) is 9.68. The highest BCUT2D eigenvalue weighted by Gasteiger charge is 2.54. The Kier molecular flexibility index (Phi) is 4.89. The SMILES string of the molecule is CN(C)C[C@@]12CN(C(=O)c3ccccc3)C[C@@H]1CN(C(=O)c1ccccn1)C2. The van der Waals surface area contributed by atoms with Crippen molar-refractivity contribution < 1.29 is 9.59 Å². The van der Waals surface area contributed by atoms with Crippen LogP contribution in [0.2, 0.25) is 0 Å². The first-order valence-electron chi connectivity index (χ1n) is 9.68. The van der Waals surface area contributed by atoms with Crippen molar-refractivity contribution in [3.63, 3.8) is 0 Å². The van der Waals surface area contributed by atoms with Crippen molar-refractivity contribution in [2.45, 2.75) is 0 Å². The number of aromatic nitrogens is 1. The topological polar surface area (TPSA) is 56.8 Å². The monoisotopic (exact) mass is 378 g/mol. The molecule has 2 atom stereocenters. The molecule has 0 N–H and O–H groups in total. The fourth-order valence-electron chi connectivity index (χ4n) is 4.76. The summed E-state index contributed by atoms with van der Waals surface area (Å²) in [6, 6.07) is 14.9. The Morgan fingerprint density at radius 2 is 1.64 bits per heavy atom. The molecule has 2 saturated heterocycles. The smallest absolute Gasteiger partial charge is 0.272 e. The van der Waals surface area contributed by atoms with Crippen molar-refractivity contribution in [2.75, 3.05) is 46.8 Å². The molecule has 146 valence electrons. The molecule has 28 heavy (non-hydrogen) atoms. The van der Waals surface area contributed by atoms with E-state index in [1.807, 2.05) is 52.3 Å². The zero-order chi connectivity index (χ0) is 19.7. The summed E-state index contributed by atoms with van der Waals surface area (Å²) >= 11 is 0. The molecule has 0 bridgehead atoms. The van der Waals surface area contributed by atoms with Gasteiger partial charge in [-0.15, -0.1) is 0 Å². The molecule has 0 saturated carbocycles. The molecular weight excluding hydrogens is 352 g/mol. The Morgan fingerprint density at radius 1 is 1.00 bits per heavy atom. The van der Waals surface area contributed by atoms with Crippen LogP contribution in [0, 0.1) is 11.3 Å². The van der Waals surface area contributed by atoms with E-state index in [0.29, 0.717) is 31.9 Å². The Labute approximate surface area is 165 Å². The maximum Gasteiger partial charge on any atom is 0.272 e. The molecule has 6 nitrogen and oxygen atoms in total. The highest BCUT2D eigenvalue weighted by Crippen LogP contribution is 2.43. The second kappa shape index (κ2) is 7.36. The van der Waals surface area contributed by atoms with Crippen LogP contribution < -0.4 is 0 Å². The fourth-order valence-corrected chi connectivity index (χ4v) is 4.76. The Morgan fingerprint density at radius 3 is 2.25 bits per heavy atom. The van der Waals surface area contributed by atoms with Crippen LogP contribution in [0.3, 0.4) is 0 Å². The normalized spacial score (nSPS) is 23.9. The molecule has 2 aliphatic rings. The van der Waals surface area contributed by atoms with E-state index < -0.39 is 0 Å². The largest absolute Gasteiger partial charge is 0.338 e. The average molecular weight is 378 g/mol. The van der Waals surface area contributed by atoms with Crippen LogP contribution in [0.25, 0.3) is 0 Å². The Balaban J connectivity index is 1.54. The van der Waals surface area contributed by atoms with Gasteiger partial charge in [0.25, 0.3) is 11.8 Å². The summed E-state index contributed by atoms with van der Waals surface area (Å²) in [5.74, 6) is 0.333. The molecule has 3 heterocycles. The average Bonchev–Trinajstić information content (AvgIpc) is 3.21. The van der Waals surface area contributed by atoms with Gasteiger partial charge in [0.05, 0.1) is 0 Å². The standard InChI is InChI=1S/C22H26N4O2/c1-24(2)14-22-15-25(20(27)17-8-4-3-5-9-17)12-18(22)13-26(16-22)21(28)19-10-6-7-11-23-19/h3-11,18H,12-16H2,1-2H3/t18-,22+/m1/s1. The van der Waals surface area contributed by atoms with Crippen molar-refractivity contribution in [1.82, 2.24) is 19.7 Å². The minimum absolute atomic E-state index is 0.0194. The van der Waals surface area contributed by atoms with Gasteiger partial charge in [0.1, 0.15) is 5.69 Å². The van der Waals surface area contributed by atoms with Crippen LogP contribution in [0.4, 0.5) is 0 Å². The molecule has 0 radical (unpaired) electrons. The molecule has 2 aliphatic heterocycles. The number of rotatable bonds is 4. The molecule has 0 aliphatic carbocycles. The van der Waals surface area contributed by atoms with E-state index in [0.717, 1.165) is 12.1 Å². The van der Waals surface area contributed by atoms with Crippen LogP contribution >= 0.6 is 0 Å². The van der Waals surface area contributed by atoms with Crippen molar-refractivity contribution in [2.24, 2.45) is 11.3 Å². The summed E-state index contributed by atoms with van der Waals surface area (Å²) < 4.78 is 0. The number of likely N-dealkylation sites (tertiary alicyclic amines) is 2. The maximum absolute atomic E-state index is 13.0. The molecular formula is C22H26N4O2. The van der Waals surface area contributed by atoms with Gasteiger partial charge in [-0.25, -0.2) is 0 Å². The number of carbonyl (C=O) groups is 2. The second-order valence-corrected chi connectivity index (χ2v) is 8.25. The summed E-state index contributed by atoms with van der Waals surface area (Å²) in [6.07, 6.45) is 1.65. The van der Waals surface area contributed by atoms with E-state index in [-0.39, 0.29) is 23.1 Å². The lowest BCUT2D eigenvalue weighted by molar-refractivity contribution is 0.0698. The van der Waals surface area contributed by atoms with E-state index in [1.165, 1.54) is 0 Å². The zero-order valence-corrected chi connectivity index (χ0v) is 16.4. The third-order valence-corrected chi connectivity index (χ3v) is 5.87. The van der Waals surface area contributed by atoms with E-state index in [2.05, 4.69) is 24.0 Å². The van der Waals surface area contributed by atoms with Crippen LogP contribution in [-0.2, 0) is 0 Å². The lowest BCUT2D eigenvalue weighted by Gasteiger charge is -2.32. The minimum atomic E-state index is -0.0988. The van der Waals surface area contributed by atoms with Crippen molar-refractivity contribution in [3.05, 3.63) is 66.0 Å². The maximum atomic E-state index is 13.0. The minimum Gasteiger partial charge on any atom is -0.338 e. The molecule has 2 aromatic rings. The fraction of sp³-hybridized carbons (Fsp3) is 0.409. The predicted octanol–water partition coefficient (Wildman–Crippen LogP) is 1.86. The lowest BCUT2D eigenvalue weighted by atomic mass is 9.80. The molecule has 0 unspecified atom stereocenters. The van der Waals surface area contributed by atoms with Gasteiger partial charge in [0.2, 0.25) is 0 Å². The number of carbonyl (C=O) groups excluding carboxylic acids is 2. The van der Waals surface area contributed by atoms with Gasteiger partial charge in [-0.1, -0.05) is 24.3 Å². The number of amides is 2. The number of hydrogen-bond donors (Lipinski definition) is 0. The molecule has 6 heteroatoms. The quantitative estimate of drug-likeness (QED) is 0.815. The van der Waals surface area contributed by atoms with Gasteiger partial charge in [-0.05, 0) is 38.4 Å². The summed E-state index contributed by atoms with van der Waals surface area (Å²) in [4.78, 5) is 36.1. The summed E-state index contributed by atoms with van der Waals surface area (Å²) in [7, 11) is 4.10. The van der Waals surface area contributed by atoms with Gasteiger partial charge in [-0.3, -0.25) is 14.6 Å². The zero-order valence-electron chi connectivity index (χ0n) is 16.4. The van der Waals surface area contributed by atoms with Gasteiger partial charge in [0.15, 0.2) is 0 Å². The number of hydrogen-bond acceptors (Lipinski definition) is 4. The number of nitrogens with zero attached hydrogens (tertiary/aromatic N) is 4. The Hall–Kier alpha value is -2.73. The second-order valence-electron chi connectivity index (χ2n) is 8.25. The van der Waals surface area contributed by atoms with Crippen molar-refractivity contribution in [3.8, 4) is 0 Å². The molecule has 4 rings (SSSR count). The van der Waals surface area contributed by atoms with Crippen LogP contribution in [0.1, 0.15) is 20.8 Å². The van der Waals surface area contributed by atoms with Gasteiger partial charge < -0.3 is 14.7 Å². The van der Waals surface area contributed by atoms with Crippen LogP contribution in [0.5, 0.6) is 0 Å². The van der Waals surface area contributed by atoms with Gasteiger partial charge >= 0.3 is 0 Å². The Bertz CT molecular complexity index is 790. The van der Waals surface area contributed by atoms with E-state index in [1.54, 1.807) is 12.3 Å². The predicted molar refractivity (Wildman–Crippen MR) is 107 cm³/mol. The number of fused-ring (bicyclic) bond motifs is 1. The highest BCUT2D eigenvalue weighted by atomic mass is 16.2. The van der Waals surface area contributed by atoms with Crippen LogP contribution in [-0.4, -0.2) is 78.3 Å².